The summed E-state index contributed by atoms with van der Waals surface area (Å²) in [5.74, 6) is -0.205. The summed E-state index contributed by atoms with van der Waals surface area (Å²) in [6.07, 6.45) is 42.0. The quantitative estimate of drug-likeness (QED) is 0.0662. The number of carbonyl (C=O) groups is 1. The zero-order chi connectivity index (χ0) is 30.1. The Kier molecular flexibility index (Phi) is 33.4. The van der Waals surface area contributed by atoms with Gasteiger partial charge in [-0.15, -0.1) is 0 Å². The molecule has 0 rings (SSSR count). The van der Waals surface area contributed by atoms with E-state index in [-0.39, 0.29) is 12.5 Å². The number of rotatable bonds is 34. The van der Waals surface area contributed by atoms with Gasteiger partial charge in [-0.25, -0.2) is 0 Å². The fourth-order valence-electron chi connectivity index (χ4n) is 6.10. The van der Waals surface area contributed by atoms with Crippen LogP contribution in [0.5, 0.6) is 0 Å². The van der Waals surface area contributed by atoms with Crippen molar-refractivity contribution in [3.63, 3.8) is 0 Å². The van der Waals surface area contributed by atoms with Crippen molar-refractivity contribution in [3.05, 3.63) is 0 Å². The van der Waals surface area contributed by atoms with Crippen molar-refractivity contribution in [3.8, 4) is 0 Å². The first-order valence-corrected chi connectivity index (χ1v) is 18.7. The summed E-state index contributed by atoms with van der Waals surface area (Å²) in [6, 6.07) is -0.531. The summed E-state index contributed by atoms with van der Waals surface area (Å²) < 4.78 is 0. The second-order valence-electron chi connectivity index (χ2n) is 13.1. The van der Waals surface area contributed by atoms with Gasteiger partial charge in [0, 0.05) is 6.92 Å². The van der Waals surface area contributed by atoms with Crippen LogP contribution in [-0.2, 0) is 4.79 Å². The molecule has 0 aliphatic rings. The average molecular weight is 582 g/mol. The fourth-order valence-corrected chi connectivity index (χ4v) is 6.10. The highest BCUT2D eigenvalue weighted by atomic mass is 16.3. The lowest BCUT2D eigenvalue weighted by atomic mass is 10.0. The van der Waals surface area contributed by atoms with E-state index in [2.05, 4.69) is 12.2 Å². The van der Waals surface area contributed by atoms with Gasteiger partial charge in [0.15, 0.2) is 0 Å². The Morgan fingerprint density at radius 1 is 0.488 bits per heavy atom. The maximum atomic E-state index is 11.1. The van der Waals surface area contributed by atoms with Gasteiger partial charge in [0.05, 0.1) is 18.8 Å². The van der Waals surface area contributed by atoms with Gasteiger partial charge in [-0.1, -0.05) is 200 Å². The van der Waals surface area contributed by atoms with E-state index >= 15 is 0 Å². The molecule has 0 aliphatic heterocycles. The van der Waals surface area contributed by atoms with Gasteiger partial charge in [0.2, 0.25) is 5.91 Å². The van der Waals surface area contributed by atoms with Crippen LogP contribution in [0.4, 0.5) is 0 Å². The summed E-state index contributed by atoms with van der Waals surface area (Å²) in [4.78, 5) is 11.1. The highest BCUT2D eigenvalue weighted by molar-refractivity contribution is 5.73. The molecule has 0 fully saturated rings. The van der Waals surface area contributed by atoms with Crippen LogP contribution in [0.3, 0.4) is 0 Å². The van der Waals surface area contributed by atoms with Crippen molar-refractivity contribution in [1.29, 1.82) is 0 Å². The van der Waals surface area contributed by atoms with Gasteiger partial charge in [0.25, 0.3) is 0 Å². The van der Waals surface area contributed by atoms with Crippen LogP contribution in [0.25, 0.3) is 0 Å². The molecule has 0 radical (unpaired) electrons. The van der Waals surface area contributed by atoms with Crippen molar-refractivity contribution < 1.29 is 15.0 Å². The van der Waals surface area contributed by atoms with Crippen molar-refractivity contribution in [1.82, 2.24) is 5.32 Å². The predicted molar refractivity (Wildman–Crippen MR) is 179 cm³/mol. The van der Waals surface area contributed by atoms with Crippen LogP contribution >= 0.6 is 0 Å². The SMILES string of the molecule is CCCCCCCCCCCCCCCCCCCCCCCCCCCCCCCCC(O)C(CO)NC(C)=O. The Labute approximate surface area is 257 Å². The summed E-state index contributed by atoms with van der Waals surface area (Å²) in [7, 11) is 0. The normalized spacial score (nSPS) is 13.0. The van der Waals surface area contributed by atoms with E-state index in [1.165, 1.54) is 187 Å². The highest BCUT2D eigenvalue weighted by Crippen LogP contribution is 2.17. The Balaban J connectivity index is 3.16. The molecule has 0 saturated carbocycles. The van der Waals surface area contributed by atoms with E-state index in [1.54, 1.807) is 0 Å². The third-order valence-corrected chi connectivity index (χ3v) is 8.90. The first-order valence-electron chi connectivity index (χ1n) is 18.7. The molecule has 2 unspecified atom stereocenters. The topological polar surface area (TPSA) is 69.6 Å². The van der Waals surface area contributed by atoms with Crippen molar-refractivity contribution >= 4 is 5.91 Å². The van der Waals surface area contributed by atoms with Gasteiger partial charge in [-0.3, -0.25) is 4.79 Å². The van der Waals surface area contributed by atoms with Crippen LogP contribution in [0, 0.1) is 0 Å². The minimum Gasteiger partial charge on any atom is -0.394 e. The monoisotopic (exact) mass is 582 g/mol. The Hall–Kier alpha value is -0.610. The van der Waals surface area contributed by atoms with Crippen molar-refractivity contribution in [2.45, 2.75) is 225 Å². The standard InChI is InChI=1S/C37H75NO3/c1-3-4-5-6-7-8-9-10-11-12-13-14-15-16-17-18-19-20-21-22-23-24-25-26-27-28-29-30-31-32-33-37(41)36(34-39)38-35(2)40/h36-37,39,41H,3-34H2,1-2H3,(H,38,40). The molecule has 246 valence electrons. The molecule has 4 heteroatoms. The van der Waals surface area contributed by atoms with Crippen LogP contribution < -0.4 is 5.32 Å². The number of hydrogen-bond donors (Lipinski definition) is 3. The Morgan fingerprint density at radius 2 is 0.732 bits per heavy atom. The molecule has 0 saturated heterocycles. The number of unbranched alkanes of at least 4 members (excludes halogenated alkanes) is 29. The summed E-state index contributed by atoms with van der Waals surface area (Å²) in [5.41, 5.74) is 0. The minimum atomic E-state index is -0.650. The fraction of sp³-hybridized carbons (Fsp3) is 0.973. The molecule has 1 amide bonds. The third kappa shape index (κ3) is 32.1. The second-order valence-corrected chi connectivity index (χ2v) is 13.1. The number of carbonyl (C=O) groups excluding carboxylic acids is 1. The van der Waals surface area contributed by atoms with Crippen LogP contribution in [0.15, 0.2) is 0 Å². The molecule has 0 bridgehead atoms. The van der Waals surface area contributed by atoms with Crippen LogP contribution in [0.2, 0.25) is 0 Å². The van der Waals surface area contributed by atoms with E-state index in [0.29, 0.717) is 6.42 Å². The van der Waals surface area contributed by atoms with Gasteiger partial charge in [-0.05, 0) is 6.42 Å². The lowest BCUT2D eigenvalue weighted by Gasteiger charge is -2.21. The van der Waals surface area contributed by atoms with Gasteiger partial charge >= 0.3 is 0 Å². The van der Waals surface area contributed by atoms with E-state index in [0.717, 1.165) is 12.8 Å². The van der Waals surface area contributed by atoms with Crippen molar-refractivity contribution in [2.24, 2.45) is 0 Å². The number of hydrogen-bond acceptors (Lipinski definition) is 3. The Bertz CT molecular complexity index is 512. The van der Waals surface area contributed by atoms with Crippen molar-refractivity contribution in [2.75, 3.05) is 6.61 Å². The molecule has 0 heterocycles. The van der Waals surface area contributed by atoms with E-state index in [9.17, 15) is 15.0 Å². The highest BCUT2D eigenvalue weighted by Gasteiger charge is 2.18. The minimum absolute atomic E-state index is 0.205. The molecular formula is C37H75NO3. The molecule has 2 atom stereocenters. The predicted octanol–water partition coefficient (Wildman–Crippen LogP) is 11.0. The molecule has 0 aromatic carbocycles. The molecule has 0 spiro atoms. The summed E-state index contributed by atoms with van der Waals surface area (Å²) >= 11 is 0. The molecular weight excluding hydrogens is 506 g/mol. The van der Waals surface area contributed by atoms with E-state index in [4.69, 9.17) is 0 Å². The van der Waals surface area contributed by atoms with Crippen LogP contribution in [-0.4, -0.2) is 34.9 Å². The summed E-state index contributed by atoms with van der Waals surface area (Å²) in [5, 5.41) is 22.0. The van der Waals surface area contributed by atoms with Gasteiger partial charge < -0.3 is 15.5 Å². The van der Waals surface area contributed by atoms with E-state index in [1.807, 2.05) is 0 Å². The van der Waals surface area contributed by atoms with E-state index < -0.39 is 12.1 Å². The zero-order valence-corrected chi connectivity index (χ0v) is 28.1. The van der Waals surface area contributed by atoms with Gasteiger partial charge in [-0.2, -0.15) is 0 Å². The first kappa shape index (κ1) is 40.4. The average Bonchev–Trinajstić information content (AvgIpc) is 2.96. The smallest absolute Gasteiger partial charge is 0.217 e. The number of nitrogens with one attached hydrogen (secondary N) is 1. The number of aliphatic hydroxyl groups excluding tert-OH is 2. The molecule has 0 aromatic heterocycles. The first-order chi connectivity index (χ1) is 20.1. The molecule has 3 N–H and O–H groups in total. The van der Waals surface area contributed by atoms with Crippen LogP contribution in [0.1, 0.15) is 213 Å². The number of aliphatic hydroxyl groups is 2. The lowest BCUT2D eigenvalue weighted by molar-refractivity contribution is -0.121. The lowest BCUT2D eigenvalue weighted by Crippen LogP contribution is -2.44. The second kappa shape index (κ2) is 33.9. The third-order valence-electron chi connectivity index (χ3n) is 8.90. The largest absolute Gasteiger partial charge is 0.394 e. The molecule has 0 aliphatic carbocycles. The maximum Gasteiger partial charge on any atom is 0.217 e. The summed E-state index contributed by atoms with van der Waals surface area (Å²) in [6.45, 7) is 3.51. The maximum absolute atomic E-state index is 11.1. The van der Waals surface area contributed by atoms with Gasteiger partial charge in [0.1, 0.15) is 0 Å². The zero-order valence-electron chi connectivity index (χ0n) is 28.1. The Morgan fingerprint density at radius 3 is 0.951 bits per heavy atom. The molecule has 0 aromatic rings. The molecule has 41 heavy (non-hydrogen) atoms. The number of amides is 1. The molecule has 4 nitrogen and oxygen atoms in total.